The van der Waals surface area contributed by atoms with Crippen LogP contribution in [0.25, 0.3) is 0 Å². The van der Waals surface area contributed by atoms with Crippen molar-refractivity contribution < 1.29 is 23.8 Å². The van der Waals surface area contributed by atoms with Crippen LogP contribution in [0, 0.1) is 25.2 Å². The Morgan fingerprint density at radius 2 is 2.00 bits per heavy atom. The quantitative estimate of drug-likeness (QED) is 0.503. The van der Waals surface area contributed by atoms with Gasteiger partial charge in [0.2, 0.25) is 5.78 Å². The number of ketones is 1. The van der Waals surface area contributed by atoms with E-state index in [0.29, 0.717) is 16.9 Å². The van der Waals surface area contributed by atoms with Crippen LogP contribution < -0.4 is 4.74 Å². The summed E-state index contributed by atoms with van der Waals surface area (Å²) in [5.74, 6) is -0.427. The molecular formula is C22H24N2O5. The van der Waals surface area contributed by atoms with Crippen LogP contribution in [0.2, 0.25) is 0 Å². The molecule has 1 fully saturated rings. The van der Waals surface area contributed by atoms with Crippen molar-refractivity contribution in [3.8, 4) is 11.8 Å². The van der Waals surface area contributed by atoms with Gasteiger partial charge in [0.25, 0.3) is 0 Å². The molecule has 29 heavy (non-hydrogen) atoms. The molecule has 0 unspecified atom stereocenters. The molecule has 2 heterocycles. The minimum atomic E-state index is -0.629. The molecule has 152 valence electrons. The number of ether oxygens (including phenoxy) is 3. The molecule has 1 aromatic carbocycles. The van der Waals surface area contributed by atoms with Crippen LogP contribution >= 0.6 is 0 Å². The molecule has 1 aromatic heterocycles. The second-order valence-corrected chi connectivity index (χ2v) is 7.04. The first-order valence-corrected chi connectivity index (χ1v) is 9.58. The zero-order chi connectivity index (χ0) is 20.8. The van der Waals surface area contributed by atoms with E-state index < -0.39 is 5.97 Å². The molecule has 1 saturated heterocycles. The number of benzene rings is 1. The monoisotopic (exact) mass is 396 g/mol. The number of carbonyl (C=O) groups is 2. The molecule has 2 aromatic rings. The van der Waals surface area contributed by atoms with Crippen LogP contribution in [0.5, 0.6) is 5.75 Å². The standard InChI is InChI=1S/C22H24N2O5/c1-15-10-20(16(2)24(15)12-19-4-3-9-27-19)21(25)13-29-22(26)14-28-18-7-5-17(11-23)6-8-18/h5-8,10,19H,3-4,9,12-14H2,1-2H3/t19-/m1/s1. The number of rotatable bonds is 8. The lowest BCUT2D eigenvalue weighted by Gasteiger charge is -2.14. The summed E-state index contributed by atoms with van der Waals surface area (Å²) in [7, 11) is 0. The fourth-order valence-electron chi connectivity index (χ4n) is 3.39. The Kier molecular flexibility index (Phi) is 6.68. The number of nitrogens with zero attached hydrogens (tertiary/aromatic N) is 2. The van der Waals surface area contributed by atoms with E-state index in [0.717, 1.165) is 37.4 Å². The summed E-state index contributed by atoms with van der Waals surface area (Å²) in [4.78, 5) is 24.4. The highest BCUT2D eigenvalue weighted by Crippen LogP contribution is 2.21. The summed E-state index contributed by atoms with van der Waals surface area (Å²) in [6.45, 7) is 4.72. The third-order valence-corrected chi connectivity index (χ3v) is 4.99. The van der Waals surface area contributed by atoms with Crippen molar-refractivity contribution in [1.29, 1.82) is 5.26 Å². The molecule has 0 bridgehead atoms. The molecule has 7 nitrogen and oxygen atoms in total. The van der Waals surface area contributed by atoms with Crippen molar-refractivity contribution in [2.24, 2.45) is 0 Å². The maximum atomic E-state index is 12.5. The first-order chi connectivity index (χ1) is 14.0. The molecule has 1 aliphatic rings. The van der Waals surface area contributed by atoms with Gasteiger partial charge in [-0.2, -0.15) is 5.26 Å². The fraction of sp³-hybridized carbons (Fsp3) is 0.409. The van der Waals surface area contributed by atoms with Gasteiger partial charge in [-0.1, -0.05) is 0 Å². The van der Waals surface area contributed by atoms with Crippen LogP contribution in [0.3, 0.4) is 0 Å². The molecule has 0 spiro atoms. The van der Waals surface area contributed by atoms with Crippen LogP contribution in [0.15, 0.2) is 30.3 Å². The maximum Gasteiger partial charge on any atom is 0.344 e. The second-order valence-electron chi connectivity index (χ2n) is 7.04. The van der Waals surface area contributed by atoms with E-state index in [9.17, 15) is 9.59 Å². The predicted octanol–water partition coefficient (Wildman–Crippen LogP) is 2.96. The normalized spacial score (nSPS) is 15.7. The second kappa shape index (κ2) is 9.39. The van der Waals surface area contributed by atoms with Gasteiger partial charge < -0.3 is 18.8 Å². The zero-order valence-corrected chi connectivity index (χ0v) is 16.6. The molecule has 0 amide bonds. The average Bonchev–Trinajstić information content (AvgIpc) is 3.34. The third kappa shape index (κ3) is 5.24. The molecular weight excluding hydrogens is 372 g/mol. The highest BCUT2D eigenvalue weighted by molar-refractivity contribution is 5.99. The summed E-state index contributed by atoms with van der Waals surface area (Å²) in [6.07, 6.45) is 2.27. The topological polar surface area (TPSA) is 90.6 Å². The first-order valence-electron chi connectivity index (χ1n) is 9.58. The lowest BCUT2D eigenvalue weighted by Crippen LogP contribution is -2.20. The fourth-order valence-corrected chi connectivity index (χ4v) is 3.39. The van der Waals surface area contributed by atoms with Crippen molar-refractivity contribution >= 4 is 11.8 Å². The van der Waals surface area contributed by atoms with Gasteiger partial charge in [-0.05, 0) is 57.0 Å². The van der Waals surface area contributed by atoms with Gasteiger partial charge in [-0.15, -0.1) is 0 Å². The summed E-state index contributed by atoms with van der Waals surface area (Å²) < 4.78 is 18.1. The van der Waals surface area contributed by atoms with Gasteiger partial charge in [0, 0.05) is 30.1 Å². The van der Waals surface area contributed by atoms with Crippen molar-refractivity contribution in [3.05, 3.63) is 52.8 Å². The van der Waals surface area contributed by atoms with Gasteiger partial charge in [-0.3, -0.25) is 4.79 Å². The molecule has 3 rings (SSSR count). The molecule has 0 saturated carbocycles. The number of hydrogen-bond acceptors (Lipinski definition) is 6. The molecule has 1 aliphatic heterocycles. The highest BCUT2D eigenvalue weighted by Gasteiger charge is 2.21. The predicted molar refractivity (Wildman–Crippen MR) is 105 cm³/mol. The third-order valence-electron chi connectivity index (χ3n) is 4.99. The maximum absolute atomic E-state index is 12.5. The Bertz CT molecular complexity index is 918. The SMILES string of the molecule is Cc1cc(C(=O)COC(=O)COc2ccc(C#N)cc2)c(C)n1C[C@H]1CCCO1. The minimum absolute atomic E-state index is 0.181. The lowest BCUT2D eigenvalue weighted by atomic mass is 10.1. The van der Waals surface area contributed by atoms with E-state index in [1.807, 2.05) is 26.0 Å². The average molecular weight is 396 g/mol. The van der Waals surface area contributed by atoms with Crippen molar-refractivity contribution in [3.63, 3.8) is 0 Å². The van der Waals surface area contributed by atoms with E-state index >= 15 is 0 Å². The number of esters is 1. The van der Waals surface area contributed by atoms with Crippen LogP contribution in [0.4, 0.5) is 0 Å². The Balaban J connectivity index is 1.50. The summed E-state index contributed by atoms with van der Waals surface area (Å²) >= 11 is 0. The van der Waals surface area contributed by atoms with E-state index in [2.05, 4.69) is 4.57 Å². The summed E-state index contributed by atoms with van der Waals surface area (Å²) in [5.41, 5.74) is 2.90. The Morgan fingerprint density at radius 3 is 2.66 bits per heavy atom. The number of hydrogen-bond donors (Lipinski definition) is 0. The van der Waals surface area contributed by atoms with Crippen LogP contribution in [-0.4, -0.2) is 42.2 Å². The van der Waals surface area contributed by atoms with E-state index in [1.165, 1.54) is 0 Å². The molecule has 0 radical (unpaired) electrons. The molecule has 0 aliphatic carbocycles. The number of carbonyl (C=O) groups excluding carboxylic acids is 2. The van der Waals surface area contributed by atoms with Gasteiger partial charge >= 0.3 is 5.97 Å². The van der Waals surface area contributed by atoms with Crippen molar-refractivity contribution in [2.45, 2.75) is 39.3 Å². The van der Waals surface area contributed by atoms with E-state index in [1.54, 1.807) is 24.3 Å². The number of aryl methyl sites for hydroxylation is 1. The molecule has 1 atom stereocenters. The highest BCUT2D eigenvalue weighted by atomic mass is 16.6. The van der Waals surface area contributed by atoms with Gasteiger partial charge in [0.05, 0.1) is 17.7 Å². The summed E-state index contributed by atoms with van der Waals surface area (Å²) in [6, 6.07) is 10.2. The molecule has 7 heteroatoms. The van der Waals surface area contributed by atoms with Crippen molar-refractivity contribution in [2.75, 3.05) is 19.8 Å². The number of nitriles is 1. The van der Waals surface area contributed by atoms with Gasteiger partial charge in [-0.25, -0.2) is 4.79 Å². The largest absolute Gasteiger partial charge is 0.482 e. The van der Waals surface area contributed by atoms with E-state index in [-0.39, 0.29) is 25.1 Å². The Labute approximate surface area is 169 Å². The number of Topliss-reactive ketones (excluding diaryl/α,β-unsaturated/α-hetero) is 1. The van der Waals surface area contributed by atoms with Gasteiger partial charge in [0.15, 0.2) is 13.2 Å². The van der Waals surface area contributed by atoms with Crippen LogP contribution in [-0.2, 0) is 20.8 Å². The zero-order valence-electron chi connectivity index (χ0n) is 16.6. The number of aromatic nitrogens is 1. The van der Waals surface area contributed by atoms with Crippen LogP contribution in [0.1, 0.15) is 40.2 Å². The minimum Gasteiger partial charge on any atom is -0.482 e. The first kappa shape index (κ1) is 20.6. The van der Waals surface area contributed by atoms with Gasteiger partial charge in [0.1, 0.15) is 5.75 Å². The Hall–Kier alpha value is -3.11. The lowest BCUT2D eigenvalue weighted by molar-refractivity contribution is -0.144. The Morgan fingerprint density at radius 1 is 1.24 bits per heavy atom. The van der Waals surface area contributed by atoms with Crippen molar-refractivity contribution in [1.82, 2.24) is 4.57 Å². The molecule has 0 N–H and O–H groups in total. The van der Waals surface area contributed by atoms with E-state index in [4.69, 9.17) is 19.5 Å². The summed E-state index contributed by atoms with van der Waals surface area (Å²) in [5, 5.41) is 8.77. The smallest absolute Gasteiger partial charge is 0.344 e.